The van der Waals surface area contributed by atoms with Crippen LogP contribution in [0.5, 0.6) is 17.2 Å². The van der Waals surface area contributed by atoms with Crippen molar-refractivity contribution in [2.45, 2.75) is 134 Å². The molecule has 2 unspecified atom stereocenters. The van der Waals surface area contributed by atoms with Gasteiger partial charge in [-0.05, 0) is 81.1 Å². The molecule has 8 aliphatic rings. The van der Waals surface area contributed by atoms with E-state index in [1.807, 2.05) is 27.7 Å². The lowest BCUT2D eigenvalue weighted by Gasteiger charge is -2.56. The van der Waals surface area contributed by atoms with Crippen LogP contribution in [-0.2, 0) is 30.2 Å². The molecule has 6 bridgehead atoms. The summed E-state index contributed by atoms with van der Waals surface area (Å²) in [5, 5.41) is 12.3. The van der Waals surface area contributed by atoms with Gasteiger partial charge in [0.15, 0.2) is 22.8 Å². The highest BCUT2D eigenvalue weighted by molar-refractivity contribution is 6.18. The first-order valence-electron chi connectivity index (χ1n) is 17.3. The molecule has 4 fully saturated rings. The predicted octanol–water partition coefficient (Wildman–Crippen LogP) is 6.38. The van der Waals surface area contributed by atoms with Crippen LogP contribution in [0.2, 0.25) is 0 Å². The Kier molecular flexibility index (Phi) is 6.38. The van der Waals surface area contributed by atoms with Crippen LogP contribution in [0.15, 0.2) is 34.4 Å². The van der Waals surface area contributed by atoms with E-state index < -0.39 is 34.3 Å². The summed E-state index contributed by atoms with van der Waals surface area (Å²) in [6.45, 7) is 15.9. The van der Waals surface area contributed by atoms with Gasteiger partial charge in [0.1, 0.15) is 28.4 Å². The molecule has 1 aromatic carbocycles. The fourth-order valence-corrected chi connectivity index (χ4v) is 10.1. The minimum Gasteiger partial charge on any atom is -0.507 e. The van der Waals surface area contributed by atoms with E-state index in [9.17, 15) is 14.7 Å². The molecule has 4 aliphatic heterocycles. The molecule has 1 aromatic rings. The number of hydrogen-bond acceptors (Lipinski definition) is 9. The maximum Gasteiger partial charge on any atom is 0.333 e. The molecular formula is C39H46O9. The average molecular weight is 659 g/mol. The highest BCUT2D eigenvalue weighted by atomic mass is 16.6. The fraction of sp³-hybridized carbons (Fsp3) is 0.615. The molecule has 4 aliphatic carbocycles. The number of aromatic hydroxyl groups is 1. The maximum absolute atomic E-state index is 15.1. The number of carbonyl (C=O) groups is 3. The Morgan fingerprint density at radius 2 is 1.77 bits per heavy atom. The normalized spacial score (nSPS) is 37.5. The number of ketones is 2. The zero-order valence-corrected chi connectivity index (χ0v) is 29.4. The second kappa shape index (κ2) is 9.63. The minimum absolute atomic E-state index is 0.0226. The van der Waals surface area contributed by atoms with Crippen molar-refractivity contribution in [3.05, 3.63) is 51.1 Å². The van der Waals surface area contributed by atoms with Crippen molar-refractivity contribution in [3.8, 4) is 17.2 Å². The van der Waals surface area contributed by atoms with Gasteiger partial charge in [-0.2, -0.15) is 0 Å². The van der Waals surface area contributed by atoms with Gasteiger partial charge in [0.05, 0.1) is 24.4 Å². The highest BCUT2D eigenvalue weighted by Gasteiger charge is 2.81. The van der Waals surface area contributed by atoms with Crippen LogP contribution in [0, 0.1) is 11.8 Å². The molecule has 4 heterocycles. The molecule has 2 saturated carbocycles. The maximum atomic E-state index is 15.1. The van der Waals surface area contributed by atoms with Crippen molar-refractivity contribution in [2.24, 2.45) is 11.8 Å². The van der Waals surface area contributed by atoms with Gasteiger partial charge in [-0.15, -0.1) is 0 Å². The number of fused-ring (bicyclic) bond motifs is 5. The third-order valence-corrected chi connectivity index (χ3v) is 12.7. The lowest BCUT2D eigenvalue weighted by atomic mass is 9.51. The van der Waals surface area contributed by atoms with Crippen molar-refractivity contribution >= 4 is 17.5 Å². The number of phenols is 1. The summed E-state index contributed by atoms with van der Waals surface area (Å²) in [7, 11) is 1.31. The SMILES string of the molecule is COC(=O)/C(C)=C\C[C@@]12OC(C)(C)[C@H]3C[C@@H](C=C4C(=O)c5c(O)c6c(c(CC7OC7(C)C)c5O[C@]431)O[C@]1(C)CCC(=C(C)C)C6C1)C2=O. The van der Waals surface area contributed by atoms with Crippen molar-refractivity contribution in [2.75, 3.05) is 7.11 Å². The number of epoxide rings is 1. The van der Waals surface area contributed by atoms with E-state index in [-0.39, 0.29) is 58.6 Å². The molecule has 1 N–H and O–H groups in total. The van der Waals surface area contributed by atoms with Crippen molar-refractivity contribution in [3.63, 3.8) is 0 Å². The summed E-state index contributed by atoms with van der Waals surface area (Å²) in [5.74, 6) is -1.34. The lowest BCUT2D eigenvalue weighted by molar-refractivity contribution is -0.171. The van der Waals surface area contributed by atoms with Gasteiger partial charge in [0.25, 0.3) is 0 Å². The molecule has 1 spiro atoms. The molecule has 0 amide bonds. The van der Waals surface area contributed by atoms with E-state index >= 15 is 4.79 Å². The van der Waals surface area contributed by atoms with Crippen LogP contribution in [0.1, 0.15) is 115 Å². The second-order valence-corrected chi connectivity index (χ2v) is 16.6. The smallest absolute Gasteiger partial charge is 0.333 e. The van der Waals surface area contributed by atoms with E-state index in [0.717, 1.165) is 12.8 Å². The summed E-state index contributed by atoms with van der Waals surface area (Å²) >= 11 is 0. The third-order valence-electron chi connectivity index (χ3n) is 12.7. The summed E-state index contributed by atoms with van der Waals surface area (Å²) < 4.78 is 32.1. The first kappa shape index (κ1) is 31.8. The Morgan fingerprint density at radius 1 is 1.06 bits per heavy atom. The molecule has 9 heteroatoms. The summed E-state index contributed by atoms with van der Waals surface area (Å²) in [5.41, 5.74) is -0.117. The molecule has 9 nitrogen and oxygen atoms in total. The molecule has 2 saturated heterocycles. The van der Waals surface area contributed by atoms with Gasteiger partial charge in [0, 0.05) is 52.9 Å². The van der Waals surface area contributed by atoms with E-state index in [0.29, 0.717) is 47.3 Å². The fourth-order valence-electron chi connectivity index (χ4n) is 10.1. The molecular weight excluding hydrogens is 612 g/mol. The number of benzene rings is 1. The molecule has 0 radical (unpaired) electrons. The Balaban J connectivity index is 1.39. The quantitative estimate of drug-likeness (QED) is 0.166. The number of phenolic OH excluding ortho intramolecular Hbond substituents is 1. The predicted molar refractivity (Wildman–Crippen MR) is 175 cm³/mol. The van der Waals surface area contributed by atoms with Gasteiger partial charge < -0.3 is 28.8 Å². The van der Waals surface area contributed by atoms with Crippen molar-refractivity contribution in [1.29, 1.82) is 0 Å². The molecule has 256 valence electrons. The van der Waals surface area contributed by atoms with Crippen LogP contribution in [0.4, 0.5) is 0 Å². The molecule has 48 heavy (non-hydrogen) atoms. The summed E-state index contributed by atoms with van der Waals surface area (Å²) in [4.78, 5) is 42.0. The number of esters is 1. The number of hydrogen-bond donors (Lipinski definition) is 1. The number of rotatable bonds is 5. The monoisotopic (exact) mass is 658 g/mol. The zero-order valence-electron chi connectivity index (χ0n) is 29.4. The lowest BCUT2D eigenvalue weighted by Crippen LogP contribution is -2.72. The van der Waals surface area contributed by atoms with E-state index in [2.05, 4.69) is 20.8 Å². The van der Waals surface area contributed by atoms with Crippen LogP contribution < -0.4 is 9.47 Å². The van der Waals surface area contributed by atoms with Gasteiger partial charge in [0.2, 0.25) is 0 Å². The van der Waals surface area contributed by atoms with E-state index in [4.69, 9.17) is 23.7 Å². The summed E-state index contributed by atoms with van der Waals surface area (Å²) in [6.07, 6.45) is 6.55. The molecule has 7 atom stereocenters. The zero-order chi connectivity index (χ0) is 34.5. The van der Waals surface area contributed by atoms with Crippen LogP contribution in [0.25, 0.3) is 0 Å². The number of methoxy groups -OCH3 is 1. The standard InChI is InChI=1S/C39H46O9/c1-18(2)21-11-12-37(8)17-23(21)27-30(41)28-29(40)24-14-20-15-25-35(4,5)48-38(33(20)42,13-10-19(3)34(43)44-9)39(24,25)47-32(28)22(31(27)46-37)16-26-36(6,7)45-26/h10,14,20,23,25-26,41H,11-13,15-17H2,1-9H3/b19-10-/t20-,23?,25-,26?,37-,38+,39-/m1/s1. The topological polar surface area (TPSA) is 121 Å². The van der Waals surface area contributed by atoms with E-state index in [1.165, 1.54) is 18.3 Å². The van der Waals surface area contributed by atoms with Crippen LogP contribution in [-0.4, -0.2) is 63.9 Å². The van der Waals surface area contributed by atoms with Crippen LogP contribution >= 0.6 is 0 Å². The minimum atomic E-state index is -1.58. The van der Waals surface area contributed by atoms with Crippen molar-refractivity contribution in [1.82, 2.24) is 0 Å². The Bertz CT molecular complexity index is 1820. The van der Waals surface area contributed by atoms with Gasteiger partial charge >= 0.3 is 5.97 Å². The van der Waals surface area contributed by atoms with Gasteiger partial charge in [-0.25, -0.2) is 4.79 Å². The average Bonchev–Trinajstić information content (AvgIpc) is 3.58. The number of allylic oxidation sites excluding steroid dienone is 3. The van der Waals surface area contributed by atoms with Gasteiger partial charge in [-0.1, -0.05) is 23.3 Å². The summed E-state index contributed by atoms with van der Waals surface area (Å²) in [6, 6.07) is 0. The van der Waals surface area contributed by atoms with Gasteiger partial charge in [-0.3, -0.25) is 9.59 Å². The van der Waals surface area contributed by atoms with Crippen LogP contribution in [0.3, 0.4) is 0 Å². The highest BCUT2D eigenvalue weighted by Crippen LogP contribution is 2.69. The van der Waals surface area contributed by atoms with Crippen molar-refractivity contribution < 1.29 is 43.2 Å². The first-order chi connectivity index (χ1) is 22.4. The Hall–Kier alpha value is -3.43. The van der Waals surface area contributed by atoms with E-state index in [1.54, 1.807) is 19.1 Å². The second-order valence-electron chi connectivity index (χ2n) is 16.6. The third kappa shape index (κ3) is 3.89. The molecule has 9 rings (SSSR count). The largest absolute Gasteiger partial charge is 0.507 e. The number of ether oxygens (including phenoxy) is 5. The number of Topliss-reactive ketones (excluding diaryl/α,β-unsaturated/α-hetero) is 2. The Labute approximate surface area is 281 Å². The Morgan fingerprint density at radius 3 is 2.42 bits per heavy atom. The number of carbonyl (C=O) groups excluding carboxylic acids is 3. The first-order valence-corrected chi connectivity index (χ1v) is 17.3. The molecule has 0 aromatic heterocycles.